The molecule has 0 saturated carbocycles. The highest BCUT2D eigenvalue weighted by Gasteiger charge is 2.21. The quantitative estimate of drug-likeness (QED) is 0.857. The fourth-order valence-electron chi connectivity index (χ4n) is 2.95. The Bertz CT molecular complexity index is 606. The standard InChI is InChI=1S/C17H23N3O/c1-3-7-18-10-13-4-5-15-14(9-13)11-19-17(20-15)16-12(2)6-8-21-16/h6,8,11,13,18H,3-5,7,9-10H2,1-2H3. The van der Waals surface area contributed by atoms with Crippen LogP contribution in [0.15, 0.2) is 22.9 Å². The Morgan fingerprint density at radius 3 is 3.10 bits per heavy atom. The number of rotatable bonds is 5. The van der Waals surface area contributed by atoms with Crippen LogP contribution in [0.3, 0.4) is 0 Å². The van der Waals surface area contributed by atoms with Crippen molar-refractivity contribution in [3.05, 3.63) is 35.3 Å². The molecule has 1 aliphatic rings. The molecule has 1 N–H and O–H groups in total. The summed E-state index contributed by atoms with van der Waals surface area (Å²) in [5.74, 6) is 2.23. The van der Waals surface area contributed by atoms with Crippen LogP contribution in [0.5, 0.6) is 0 Å². The summed E-state index contributed by atoms with van der Waals surface area (Å²) < 4.78 is 5.49. The summed E-state index contributed by atoms with van der Waals surface area (Å²) in [6.07, 6.45) is 8.22. The largest absolute Gasteiger partial charge is 0.461 e. The average molecular weight is 285 g/mol. The minimum atomic E-state index is 0.712. The van der Waals surface area contributed by atoms with Crippen LogP contribution in [0, 0.1) is 12.8 Å². The smallest absolute Gasteiger partial charge is 0.196 e. The van der Waals surface area contributed by atoms with Crippen LogP contribution in [-0.2, 0) is 12.8 Å². The number of fused-ring (bicyclic) bond motifs is 1. The first-order valence-electron chi connectivity index (χ1n) is 7.88. The maximum atomic E-state index is 5.49. The van der Waals surface area contributed by atoms with Crippen molar-refractivity contribution < 1.29 is 4.42 Å². The van der Waals surface area contributed by atoms with Gasteiger partial charge in [0.1, 0.15) is 0 Å². The van der Waals surface area contributed by atoms with E-state index in [1.54, 1.807) is 6.26 Å². The van der Waals surface area contributed by atoms with Gasteiger partial charge in [-0.05, 0) is 68.8 Å². The molecule has 21 heavy (non-hydrogen) atoms. The fraction of sp³-hybridized carbons (Fsp3) is 0.529. The van der Waals surface area contributed by atoms with Gasteiger partial charge in [-0.2, -0.15) is 0 Å². The van der Waals surface area contributed by atoms with E-state index < -0.39 is 0 Å². The highest BCUT2D eigenvalue weighted by Crippen LogP contribution is 2.27. The van der Waals surface area contributed by atoms with Crippen molar-refractivity contribution in [3.63, 3.8) is 0 Å². The first-order valence-corrected chi connectivity index (χ1v) is 7.88. The molecular weight excluding hydrogens is 262 g/mol. The first kappa shape index (κ1) is 14.3. The van der Waals surface area contributed by atoms with Crippen molar-refractivity contribution in [3.8, 4) is 11.6 Å². The van der Waals surface area contributed by atoms with Gasteiger partial charge in [0.2, 0.25) is 0 Å². The zero-order valence-corrected chi connectivity index (χ0v) is 12.9. The molecule has 0 saturated heterocycles. The average Bonchev–Trinajstić information content (AvgIpc) is 2.93. The second kappa shape index (κ2) is 6.39. The number of nitrogens with one attached hydrogen (secondary N) is 1. The summed E-state index contributed by atoms with van der Waals surface area (Å²) in [6, 6.07) is 1.95. The molecule has 0 bridgehead atoms. The lowest BCUT2D eigenvalue weighted by Gasteiger charge is -2.24. The van der Waals surface area contributed by atoms with E-state index >= 15 is 0 Å². The molecule has 0 spiro atoms. The van der Waals surface area contributed by atoms with E-state index in [0.717, 1.165) is 43.1 Å². The molecule has 2 aromatic heterocycles. The van der Waals surface area contributed by atoms with E-state index in [4.69, 9.17) is 9.40 Å². The number of aryl methyl sites for hydroxylation is 2. The predicted octanol–water partition coefficient (Wildman–Crippen LogP) is 3.15. The normalized spacial score (nSPS) is 17.7. The fourth-order valence-corrected chi connectivity index (χ4v) is 2.95. The van der Waals surface area contributed by atoms with Gasteiger partial charge in [-0.3, -0.25) is 0 Å². The molecule has 1 atom stereocenters. The van der Waals surface area contributed by atoms with E-state index in [1.165, 1.54) is 24.1 Å². The third-order valence-electron chi connectivity index (χ3n) is 4.18. The molecule has 0 aliphatic heterocycles. The van der Waals surface area contributed by atoms with Crippen LogP contribution in [0.4, 0.5) is 0 Å². The third kappa shape index (κ3) is 3.16. The molecule has 112 valence electrons. The summed E-state index contributed by atoms with van der Waals surface area (Å²) in [6.45, 7) is 6.44. The summed E-state index contributed by atoms with van der Waals surface area (Å²) >= 11 is 0. The topological polar surface area (TPSA) is 51.0 Å². The van der Waals surface area contributed by atoms with Gasteiger partial charge in [-0.1, -0.05) is 6.92 Å². The van der Waals surface area contributed by atoms with Gasteiger partial charge in [0.15, 0.2) is 11.6 Å². The molecule has 0 fully saturated rings. The number of hydrogen-bond donors (Lipinski definition) is 1. The van der Waals surface area contributed by atoms with Crippen LogP contribution < -0.4 is 5.32 Å². The Morgan fingerprint density at radius 1 is 1.43 bits per heavy atom. The Labute approximate surface area is 126 Å². The third-order valence-corrected chi connectivity index (χ3v) is 4.18. The Morgan fingerprint density at radius 2 is 2.33 bits per heavy atom. The lowest BCUT2D eigenvalue weighted by atomic mass is 9.87. The molecule has 3 rings (SSSR count). The highest BCUT2D eigenvalue weighted by molar-refractivity contribution is 5.52. The molecule has 2 heterocycles. The number of aromatic nitrogens is 2. The summed E-state index contributed by atoms with van der Waals surface area (Å²) in [5, 5.41) is 3.52. The van der Waals surface area contributed by atoms with E-state index in [0.29, 0.717) is 5.92 Å². The monoisotopic (exact) mass is 285 g/mol. The van der Waals surface area contributed by atoms with Gasteiger partial charge < -0.3 is 9.73 Å². The predicted molar refractivity (Wildman–Crippen MR) is 83.1 cm³/mol. The van der Waals surface area contributed by atoms with Crippen molar-refractivity contribution in [2.24, 2.45) is 5.92 Å². The van der Waals surface area contributed by atoms with E-state index in [2.05, 4.69) is 17.2 Å². The van der Waals surface area contributed by atoms with Crippen molar-refractivity contribution in [2.45, 2.75) is 39.5 Å². The van der Waals surface area contributed by atoms with Crippen LogP contribution in [-0.4, -0.2) is 23.1 Å². The molecule has 0 amide bonds. The van der Waals surface area contributed by atoms with E-state index in [9.17, 15) is 0 Å². The number of nitrogens with zero attached hydrogens (tertiary/aromatic N) is 2. The van der Waals surface area contributed by atoms with Crippen LogP contribution in [0.2, 0.25) is 0 Å². The Balaban J connectivity index is 1.72. The highest BCUT2D eigenvalue weighted by atomic mass is 16.3. The Hall–Kier alpha value is -1.68. The summed E-state index contributed by atoms with van der Waals surface area (Å²) in [5.41, 5.74) is 3.59. The van der Waals surface area contributed by atoms with Crippen molar-refractivity contribution >= 4 is 0 Å². The SMILES string of the molecule is CCCNCC1CCc2nc(-c3occc3C)ncc2C1. The zero-order chi connectivity index (χ0) is 14.7. The second-order valence-electron chi connectivity index (χ2n) is 5.91. The molecule has 4 nitrogen and oxygen atoms in total. The zero-order valence-electron chi connectivity index (χ0n) is 12.9. The lowest BCUT2D eigenvalue weighted by molar-refractivity contribution is 0.420. The summed E-state index contributed by atoms with van der Waals surface area (Å²) in [4.78, 5) is 9.22. The van der Waals surface area contributed by atoms with Gasteiger partial charge in [0, 0.05) is 11.9 Å². The van der Waals surface area contributed by atoms with Crippen LogP contribution in [0.1, 0.15) is 36.6 Å². The number of hydrogen-bond acceptors (Lipinski definition) is 4. The summed E-state index contributed by atoms with van der Waals surface area (Å²) in [7, 11) is 0. The molecule has 4 heteroatoms. The molecule has 0 radical (unpaired) electrons. The van der Waals surface area contributed by atoms with Crippen molar-refractivity contribution in [1.29, 1.82) is 0 Å². The van der Waals surface area contributed by atoms with E-state index in [1.807, 2.05) is 19.2 Å². The molecule has 1 unspecified atom stereocenters. The molecule has 0 aromatic carbocycles. The second-order valence-corrected chi connectivity index (χ2v) is 5.91. The lowest BCUT2D eigenvalue weighted by Crippen LogP contribution is -2.28. The van der Waals surface area contributed by atoms with Crippen molar-refractivity contribution in [2.75, 3.05) is 13.1 Å². The van der Waals surface area contributed by atoms with Crippen LogP contribution >= 0.6 is 0 Å². The maximum absolute atomic E-state index is 5.49. The minimum Gasteiger partial charge on any atom is -0.461 e. The first-order chi connectivity index (χ1) is 10.3. The molecular formula is C17H23N3O. The van der Waals surface area contributed by atoms with Crippen LogP contribution in [0.25, 0.3) is 11.6 Å². The van der Waals surface area contributed by atoms with E-state index in [-0.39, 0.29) is 0 Å². The maximum Gasteiger partial charge on any atom is 0.196 e. The van der Waals surface area contributed by atoms with Crippen molar-refractivity contribution in [1.82, 2.24) is 15.3 Å². The number of furan rings is 1. The molecule has 2 aromatic rings. The molecule has 1 aliphatic carbocycles. The Kier molecular flexibility index (Phi) is 4.34. The van der Waals surface area contributed by atoms with Gasteiger partial charge in [0.05, 0.1) is 6.26 Å². The van der Waals surface area contributed by atoms with Gasteiger partial charge in [-0.15, -0.1) is 0 Å². The minimum absolute atomic E-state index is 0.712. The van der Waals surface area contributed by atoms with Gasteiger partial charge >= 0.3 is 0 Å². The van der Waals surface area contributed by atoms with Gasteiger partial charge in [-0.25, -0.2) is 9.97 Å². The van der Waals surface area contributed by atoms with Gasteiger partial charge in [0.25, 0.3) is 0 Å².